The van der Waals surface area contributed by atoms with Gasteiger partial charge in [-0.25, -0.2) is 0 Å². The summed E-state index contributed by atoms with van der Waals surface area (Å²) >= 11 is 0. The van der Waals surface area contributed by atoms with E-state index in [9.17, 15) is 9.59 Å². The monoisotopic (exact) mass is 150 g/mol. The van der Waals surface area contributed by atoms with E-state index in [0.29, 0.717) is 0 Å². The van der Waals surface area contributed by atoms with Crippen LogP contribution >= 0.6 is 16.5 Å². The molecule has 0 saturated carbocycles. The summed E-state index contributed by atoms with van der Waals surface area (Å²) in [5.74, 6) is 0. The van der Waals surface area contributed by atoms with E-state index in [1.165, 1.54) is 13.8 Å². The van der Waals surface area contributed by atoms with E-state index in [4.69, 9.17) is 0 Å². The summed E-state index contributed by atoms with van der Waals surface area (Å²) in [6.07, 6.45) is 0. The van der Waals surface area contributed by atoms with Gasteiger partial charge in [0.15, 0.2) is 11.0 Å². The lowest BCUT2D eigenvalue weighted by molar-refractivity contribution is -0.110. The molecular formula is C4H8O2P2. The first-order chi connectivity index (χ1) is 3.63. The van der Waals surface area contributed by atoms with E-state index in [2.05, 4.69) is 0 Å². The van der Waals surface area contributed by atoms with Gasteiger partial charge in [0.05, 0.1) is 0 Å². The summed E-state index contributed by atoms with van der Waals surface area (Å²) in [7, 11) is 0.417. The minimum Gasteiger partial charge on any atom is -0.295 e. The van der Waals surface area contributed by atoms with Crippen LogP contribution in [-0.2, 0) is 9.59 Å². The molecule has 0 aliphatic rings. The molecule has 0 N–H and O–H groups in total. The van der Waals surface area contributed by atoms with Gasteiger partial charge in [-0.3, -0.25) is 9.59 Å². The predicted octanol–water partition coefficient (Wildman–Crippen LogP) is 1.35. The third-order valence-electron chi connectivity index (χ3n) is 0.415. The minimum absolute atomic E-state index is 0.124. The number of hydrogen-bond acceptors (Lipinski definition) is 2. The molecular weight excluding hydrogens is 142 g/mol. The zero-order chi connectivity index (χ0) is 6.57. The van der Waals surface area contributed by atoms with Crippen LogP contribution in [-0.4, -0.2) is 11.0 Å². The van der Waals surface area contributed by atoms with Crippen LogP contribution in [0.1, 0.15) is 13.8 Å². The molecule has 0 aliphatic carbocycles. The fraction of sp³-hybridized carbons (Fsp3) is 0.500. The smallest absolute Gasteiger partial charge is 0.152 e. The molecule has 2 unspecified atom stereocenters. The number of hydrogen-bond donors (Lipinski definition) is 0. The molecule has 0 aromatic carbocycles. The largest absolute Gasteiger partial charge is 0.295 e. The number of carbonyl (C=O) groups excluding carboxylic acids is 2. The minimum atomic E-state index is 0.124. The van der Waals surface area contributed by atoms with Gasteiger partial charge in [0.2, 0.25) is 0 Å². The molecule has 46 valence electrons. The highest BCUT2D eigenvalue weighted by atomic mass is 32.0. The molecule has 0 bridgehead atoms. The van der Waals surface area contributed by atoms with E-state index in [-0.39, 0.29) is 27.6 Å². The van der Waals surface area contributed by atoms with Gasteiger partial charge in [-0.15, -0.1) is 0 Å². The molecule has 0 aromatic rings. The van der Waals surface area contributed by atoms with Gasteiger partial charge in [-0.2, -0.15) is 0 Å². The van der Waals surface area contributed by atoms with E-state index in [1.807, 2.05) is 0 Å². The SMILES string of the molecule is CC(=O)PPC(C)=O. The van der Waals surface area contributed by atoms with Crippen molar-refractivity contribution in [3.8, 4) is 0 Å². The zero-order valence-corrected chi connectivity index (χ0v) is 6.82. The van der Waals surface area contributed by atoms with Gasteiger partial charge in [0.25, 0.3) is 0 Å². The number of carbonyl (C=O) groups is 2. The Morgan fingerprint density at radius 1 is 1.00 bits per heavy atom. The molecule has 0 rings (SSSR count). The third-order valence-corrected chi connectivity index (χ3v) is 3.73. The molecule has 0 heterocycles. The second kappa shape index (κ2) is 4.12. The first kappa shape index (κ1) is 8.20. The summed E-state index contributed by atoms with van der Waals surface area (Å²) in [6, 6.07) is 0. The van der Waals surface area contributed by atoms with Gasteiger partial charge in [0, 0.05) is 0 Å². The molecule has 0 fully saturated rings. The highest BCUT2D eigenvalue weighted by Crippen LogP contribution is 2.37. The molecule has 0 aromatic heterocycles. The van der Waals surface area contributed by atoms with E-state index in [1.54, 1.807) is 0 Å². The Labute approximate surface area is 51.9 Å². The summed E-state index contributed by atoms with van der Waals surface area (Å²) in [5, 5.41) is 0. The molecule has 0 amide bonds. The molecule has 0 radical (unpaired) electrons. The van der Waals surface area contributed by atoms with Crippen molar-refractivity contribution in [3.05, 3.63) is 0 Å². The van der Waals surface area contributed by atoms with E-state index in [0.717, 1.165) is 0 Å². The average molecular weight is 150 g/mol. The van der Waals surface area contributed by atoms with Crippen molar-refractivity contribution in [2.45, 2.75) is 13.8 Å². The standard InChI is InChI=1S/C4H8O2P2/c1-3(5)7-8-4(2)6/h7-8H,1-2H3. The molecule has 2 nitrogen and oxygen atoms in total. The fourth-order valence-electron chi connectivity index (χ4n) is 0.176. The highest BCUT2D eigenvalue weighted by Gasteiger charge is 1.94. The van der Waals surface area contributed by atoms with Crippen molar-refractivity contribution in [1.29, 1.82) is 0 Å². The summed E-state index contributed by atoms with van der Waals surface area (Å²) in [4.78, 5) is 20.4. The van der Waals surface area contributed by atoms with Crippen LogP contribution in [0.3, 0.4) is 0 Å². The normalized spacial score (nSPS) is 11.8. The van der Waals surface area contributed by atoms with Crippen LogP contribution in [0, 0.1) is 0 Å². The topological polar surface area (TPSA) is 34.1 Å². The van der Waals surface area contributed by atoms with Crippen molar-refractivity contribution in [3.63, 3.8) is 0 Å². The Morgan fingerprint density at radius 3 is 1.38 bits per heavy atom. The molecule has 8 heavy (non-hydrogen) atoms. The summed E-state index contributed by atoms with van der Waals surface area (Å²) < 4.78 is 0. The van der Waals surface area contributed by atoms with Crippen LogP contribution in [0.25, 0.3) is 0 Å². The lowest BCUT2D eigenvalue weighted by atomic mass is 10.9. The Morgan fingerprint density at radius 2 is 1.25 bits per heavy atom. The molecule has 0 aliphatic heterocycles. The van der Waals surface area contributed by atoms with Crippen molar-refractivity contribution in [2.75, 3.05) is 0 Å². The van der Waals surface area contributed by atoms with E-state index >= 15 is 0 Å². The maximum atomic E-state index is 10.2. The van der Waals surface area contributed by atoms with Gasteiger partial charge in [0.1, 0.15) is 0 Å². The number of rotatable bonds is 3. The third kappa shape index (κ3) is 6.20. The van der Waals surface area contributed by atoms with Crippen LogP contribution in [0.4, 0.5) is 0 Å². The Balaban J connectivity index is 3.18. The van der Waals surface area contributed by atoms with Crippen molar-refractivity contribution in [2.24, 2.45) is 0 Å². The first-order valence-electron chi connectivity index (χ1n) is 2.16. The van der Waals surface area contributed by atoms with Gasteiger partial charge in [-0.05, 0) is 30.4 Å². The lowest BCUT2D eigenvalue weighted by Crippen LogP contribution is -1.74. The Bertz CT molecular complexity index is 96.6. The molecule has 2 atom stereocenters. The summed E-state index contributed by atoms with van der Waals surface area (Å²) in [6.45, 7) is 3.02. The second-order valence-electron chi connectivity index (χ2n) is 1.36. The summed E-state index contributed by atoms with van der Waals surface area (Å²) in [5.41, 5.74) is 0.247. The lowest BCUT2D eigenvalue weighted by Gasteiger charge is -1.87. The highest BCUT2D eigenvalue weighted by molar-refractivity contribution is 8.25. The van der Waals surface area contributed by atoms with Crippen LogP contribution in [0.2, 0.25) is 0 Å². The molecule has 0 spiro atoms. The first-order valence-corrected chi connectivity index (χ1v) is 5.16. The van der Waals surface area contributed by atoms with Crippen molar-refractivity contribution in [1.82, 2.24) is 0 Å². The second-order valence-corrected chi connectivity index (χ2v) is 4.77. The Kier molecular flexibility index (Phi) is 4.22. The fourth-order valence-corrected chi connectivity index (χ4v) is 1.58. The van der Waals surface area contributed by atoms with Crippen molar-refractivity contribution >= 4 is 27.6 Å². The van der Waals surface area contributed by atoms with Crippen LogP contribution in [0.15, 0.2) is 0 Å². The van der Waals surface area contributed by atoms with Crippen molar-refractivity contribution < 1.29 is 9.59 Å². The zero-order valence-electron chi connectivity index (χ0n) is 4.82. The molecule has 0 saturated heterocycles. The van der Waals surface area contributed by atoms with Crippen LogP contribution < -0.4 is 0 Å². The molecule has 4 heteroatoms. The van der Waals surface area contributed by atoms with Crippen LogP contribution in [0.5, 0.6) is 0 Å². The predicted molar refractivity (Wildman–Crippen MR) is 38.0 cm³/mol. The maximum Gasteiger partial charge on any atom is 0.152 e. The van der Waals surface area contributed by atoms with E-state index < -0.39 is 0 Å². The maximum absolute atomic E-state index is 10.2. The van der Waals surface area contributed by atoms with Gasteiger partial charge >= 0.3 is 0 Å². The quantitative estimate of drug-likeness (QED) is 0.569. The van der Waals surface area contributed by atoms with Gasteiger partial charge in [-0.1, -0.05) is 0 Å². The van der Waals surface area contributed by atoms with Gasteiger partial charge < -0.3 is 0 Å². The average Bonchev–Trinajstić information content (AvgIpc) is 1.61. The Hall–Kier alpha value is 0.200.